The minimum Gasteiger partial charge on any atom is -0.467 e. The third-order valence-corrected chi connectivity index (χ3v) is 3.81. The molecular formula is C15H20O6. The minimum atomic E-state index is -1.52. The van der Waals surface area contributed by atoms with Crippen LogP contribution in [0, 0.1) is 5.92 Å². The monoisotopic (exact) mass is 296 g/mol. The molecule has 0 aliphatic carbocycles. The Balaban J connectivity index is 2.06. The normalized spacial score (nSPS) is 32.7. The van der Waals surface area contributed by atoms with Crippen molar-refractivity contribution in [3.05, 3.63) is 35.9 Å². The number of ether oxygens (including phenoxy) is 2. The van der Waals surface area contributed by atoms with Crippen molar-refractivity contribution in [2.24, 2.45) is 5.92 Å². The zero-order valence-corrected chi connectivity index (χ0v) is 11.8. The first-order valence-electron chi connectivity index (χ1n) is 6.86. The van der Waals surface area contributed by atoms with Gasteiger partial charge in [0, 0.05) is 5.92 Å². The van der Waals surface area contributed by atoms with Gasteiger partial charge in [0.1, 0.15) is 6.10 Å². The van der Waals surface area contributed by atoms with Crippen LogP contribution < -0.4 is 0 Å². The molecule has 2 unspecified atom stereocenters. The summed E-state index contributed by atoms with van der Waals surface area (Å²) < 4.78 is 9.46. The first-order valence-corrected chi connectivity index (χ1v) is 6.86. The van der Waals surface area contributed by atoms with E-state index in [4.69, 9.17) is 4.74 Å². The largest absolute Gasteiger partial charge is 0.467 e. The lowest BCUT2D eigenvalue weighted by Crippen LogP contribution is -2.57. The van der Waals surface area contributed by atoms with Gasteiger partial charge in [-0.2, -0.15) is 0 Å². The highest BCUT2D eigenvalue weighted by Crippen LogP contribution is 2.29. The molecule has 21 heavy (non-hydrogen) atoms. The number of esters is 1. The lowest BCUT2D eigenvalue weighted by Gasteiger charge is -2.39. The van der Waals surface area contributed by atoms with E-state index in [9.17, 15) is 20.1 Å². The van der Waals surface area contributed by atoms with E-state index in [2.05, 4.69) is 4.74 Å². The number of aliphatic hydroxyl groups is 3. The number of carbonyl (C=O) groups is 1. The first-order chi connectivity index (χ1) is 10.0. The first kappa shape index (κ1) is 15.9. The second-order valence-electron chi connectivity index (χ2n) is 5.14. The minimum absolute atomic E-state index is 0.417. The fourth-order valence-corrected chi connectivity index (χ4v) is 2.58. The number of hydrogen-bond donors (Lipinski definition) is 3. The second kappa shape index (κ2) is 7.00. The van der Waals surface area contributed by atoms with Gasteiger partial charge < -0.3 is 24.8 Å². The van der Waals surface area contributed by atoms with Gasteiger partial charge in [0.2, 0.25) is 0 Å². The third-order valence-electron chi connectivity index (χ3n) is 3.81. The van der Waals surface area contributed by atoms with Gasteiger partial charge in [-0.3, -0.25) is 0 Å². The molecule has 1 saturated heterocycles. The smallest absolute Gasteiger partial charge is 0.337 e. The van der Waals surface area contributed by atoms with E-state index in [1.807, 2.05) is 30.3 Å². The van der Waals surface area contributed by atoms with Crippen LogP contribution in [-0.4, -0.2) is 53.0 Å². The Morgan fingerprint density at radius 2 is 1.86 bits per heavy atom. The van der Waals surface area contributed by atoms with E-state index in [1.165, 1.54) is 7.11 Å². The van der Waals surface area contributed by atoms with Crippen LogP contribution in [0.5, 0.6) is 0 Å². The number of carbonyl (C=O) groups excluding carboxylic acids is 1. The lowest BCUT2D eigenvalue weighted by molar-refractivity contribution is -0.268. The van der Waals surface area contributed by atoms with Crippen molar-refractivity contribution in [2.45, 2.75) is 37.4 Å². The number of hydrogen-bond acceptors (Lipinski definition) is 6. The van der Waals surface area contributed by atoms with Gasteiger partial charge in [-0.15, -0.1) is 0 Å². The molecule has 0 saturated carbocycles. The van der Waals surface area contributed by atoms with Crippen LogP contribution >= 0.6 is 0 Å². The van der Waals surface area contributed by atoms with Crippen LogP contribution in [0.3, 0.4) is 0 Å². The number of benzene rings is 1. The maximum atomic E-state index is 11.5. The molecule has 116 valence electrons. The number of methoxy groups -OCH3 is 1. The van der Waals surface area contributed by atoms with Gasteiger partial charge >= 0.3 is 5.97 Å². The number of rotatable bonds is 4. The SMILES string of the molecule is COC(=O)[C@@H]1OC(O)[C@@H](O)C(CCc2ccccc2)[C@@H]1O. The van der Waals surface area contributed by atoms with Crippen LogP contribution in [0.15, 0.2) is 30.3 Å². The lowest BCUT2D eigenvalue weighted by atomic mass is 9.84. The van der Waals surface area contributed by atoms with Crippen LogP contribution in [0.1, 0.15) is 12.0 Å². The Morgan fingerprint density at radius 3 is 2.48 bits per heavy atom. The molecule has 1 heterocycles. The number of aliphatic hydroxyl groups excluding tert-OH is 3. The van der Waals surface area contributed by atoms with Crippen LogP contribution in [0.4, 0.5) is 0 Å². The fraction of sp³-hybridized carbons (Fsp3) is 0.533. The quantitative estimate of drug-likeness (QED) is 0.669. The molecule has 0 aromatic heterocycles. The molecule has 2 rings (SSSR count). The van der Waals surface area contributed by atoms with Crippen molar-refractivity contribution in [2.75, 3.05) is 7.11 Å². The predicted molar refractivity (Wildman–Crippen MR) is 73.2 cm³/mol. The van der Waals surface area contributed by atoms with Gasteiger partial charge in [-0.05, 0) is 18.4 Å². The Morgan fingerprint density at radius 1 is 1.19 bits per heavy atom. The average molecular weight is 296 g/mol. The van der Waals surface area contributed by atoms with E-state index >= 15 is 0 Å². The molecule has 3 N–H and O–H groups in total. The number of aryl methyl sites for hydroxylation is 1. The zero-order valence-electron chi connectivity index (χ0n) is 11.8. The Bertz CT molecular complexity index is 462. The van der Waals surface area contributed by atoms with E-state index in [-0.39, 0.29) is 0 Å². The molecule has 0 radical (unpaired) electrons. The summed E-state index contributed by atoms with van der Waals surface area (Å²) in [7, 11) is 1.18. The fourth-order valence-electron chi connectivity index (χ4n) is 2.58. The maximum absolute atomic E-state index is 11.5. The second-order valence-corrected chi connectivity index (χ2v) is 5.14. The van der Waals surface area contributed by atoms with Gasteiger partial charge in [0.25, 0.3) is 0 Å². The van der Waals surface area contributed by atoms with Gasteiger partial charge in [0.05, 0.1) is 13.2 Å². The van der Waals surface area contributed by atoms with E-state index in [0.29, 0.717) is 12.8 Å². The molecular weight excluding hydrogens is 276 g/mol. The molecule has 5 atom stereocenters. The summed E-state index contributed by atoms with van der Waals surface area (Å²) >= 11 is 0. The molecule has 0 bridgehead atoms. The molecule has 6 heteroatoms. The van der Waals surface area contributed by atoms with Gasteiger partial charge in [-0.25, -0.2) is 4.79 Å². The van der Waals surface area contributed by atoms with Crippen molar-refractivity contribution in [1.29, 1.82) is 0 Å². The molecule has 1 aromatic carbocycles. The van der Waals surface area contributed by atoms with Crippen LogP contribution in [-0.2, 0) is 20.7 Å². The molecule has 0 spiro atoms. The summed E-state index contributed by atoms with van der Waals surface area (Å²) in [6, 6.07) is 9.58. The van der Waals surface area contributed by atoms with Gasteiger partial charge in [0.15, 0.2) is 12.4 Å². The molecule has 0 amide bonds. The molecule has 1 fully saturated rings. The van der Waals surface area contributed by atoms with Crippen LogP contribution in [0.2, 0.25) is 0 Å². The van der Waals surface area contributed by atoms with Crippen LogP contribution in [0.25, 0.3) is 0 Å². The zero-order chi connectivity index (χ0) is 15.4. The van der Waals surface area contributed by atoms with Crippen molar-refractivity contribution in [3.63, 3.8) is 0 Å². The summed E-state index contributed by atoms with van der Waals surface area (Å²) in [6.45, 7) is 0. The third kappa shape index (κ3) is 3.59. The molecule has 1 aromatic rings. The molecule has 1 aliphatic rings. The van der Waals surface area contributed by atoms with Crippen molar-refractivity contribution in [3.8, 4) is 0 Å². The summed E-state index contributed by atoms with van der Waals surface area (Å²) in [6.07, 6.45) is -4.24. The highest BCUT2D eigenvalue weighted by molar-refractivity contribution is 5.75. The Hall–Kier alpha value is -1.47. The highest BCUT2D eigenvalue weighted by Gasteiger charge is 2.46. The Kier molecular flexibility index (Phi) is 5.30. The van der Waals surface area contributed by atoms with E-state index in [0.717, 1.165) is 5.56 Å². The average Bonchev–Trinajstić information content (AvgIpc) is 2.51. The maximum Gasteiger partial charge on any atom is 0.337 e. The highest BCUT2D eigenvalue weighted by atomic mass is 16.7. The van der Waals surface area contributed by atoms with E-state index < -0.39 is 36.5 Å². The van der Waals surface area contributed by atoms with Crippen molar-refractivity contribution >= 4 is 5.97 Å². The summed E-state index contributed by atoms with van der Waals surface area (Å²) in [4.78, 5) is 11.5. The van der Waals surface area contributed by atoms with Crippen molar-refractivity contribution < 1.29 is 29.6 Å². The molecule has 1 aliphatic heterocycles. The molecule has 6 nitrogen and oxygen atoms in total. The van der Waals surface area contributed by atoms with Gasteiger partial charge in [-0.1, -0.05) is 30.3 Å². The summed E-state index contributed by atoms with van der Waals surface area (Å²) in [5, 5.41) is 29.9. The van der Waals surface area contributed by atoms with Crippen molar-refractivity contribution in [1.82, 2.24) is 0 Å². The summed E-state index contributed by atoms with van der Waals surface area (Å²) in [5.41, 5.74) is 1.05. The predicted octanol–water partition coefficient (Wildman–Crippen LogP) is -0.153. The standard InChI is InChI=1S/C15H20O6/c1-20-15(19)13-11(16)10(12(17)14(18)21-13)8-7-9-5-3-2-4-6-9/h2-6,10-14,16-18H,7-8H2,1H3/t10?,11-,12-,13+,14?/m0/s1. The van der Waals surface area contributed by atoms with E-state index in [1.54, 1.807) is 0 Å². The summed E-state index contributed by atoms with van der Waals surface area (Å²) in [5.74, 6) is -1.43. The topological polar surface area (TPSA) is 96.2 Å². The Labute approximate surface area is 122 Å².